The lowest BCUT2D eigenvalue weighted by Crippen LogP contribution is -2.65. The number of esters is 1. The van der Waals surface area contributed by atoms with Crippen LogP contribution in [0.25, 0.3) is 0 Å². The second-order valence-electron chi connectivity index (χ2n) is 11.7. The molecule has 2 spiro atoms. The highest BCUT2D eigenvalue weighted by Crippen LogP contribution is 2.74. The fraction of sp³-hybridized carbons (Fsp3) is 0.792. The van der Waals surface area contributed by atoms with Gasteiger partial charge in [0.1, 0.15) is 0 Å². The van der Waals surface area contributed by atoms with E-state index in [0.29, 0.717) is 12.0 Å². The number of fused-ring (bicyclic) bond motifs is 3. The monoisotopic (exact) mass is 550 g/mol. The zero-order chi connectivity index (χ0) is 27.7. The van der Waals surface area contributed by atoms with E-state index in [-0.39, 0.29) is 5.92 Å². The van der Waals surface area contributed by atoms with Crippen molar-refractivity contribution in [2.75, 3.05) is 0 Å². The lowest BCUT2D eigenvalue weighted by molar-refractivity contribution is -0.181. The lowest BCUT2D eigenvalue weighted by atomic mass is 9.59. The number of ketones is 1. The summed E-state index contributed by atoms with van der Waals surface area (Å²) in [6.07, 6.45) is -3.68. The van der Waals surface area contributed by atoms with Gasteiger partial charge < -0.3 is 14.2 Å². The number of hydrogen-bond donors (Lipinski definition) is 0. The molecule has 206 valence electrons. The Labute approximate surface area is 212 Å². The van der Waals surface area contributed by atoms with Crippen LogP contribution in [0.1, 0.15) is 48.0 Å². The van der Waals surface area contributed by atoms with E-state index < -0.39 is 91.9 Å². The number of ether oxygens (including phenoxy) is 3. The van der Waals surface area contributed by atoms with Crippen LogP contribution in [0, 0.1) is 40.4 Å². The standard InChI is InChI=1S/C24H29F3O9S/c1-9-8-22-10(2)7-13-15(21(13,5)6)14(17(22)29)16(36-37(31,32)24(25,26)27)11(3)19-23(22,35-20(30)34-19)18(9)33-12(4)28/h8,10-11,13-16,18-19H,7H2,1-6H3/t10-,11+,13-,14-,15-,16-,18+,19-,22+,23?/m1/s1. The molecule has 0 aromatic carbocycles. The molecule has 5 aliphatic rings. The maximum Gasteiger partial charge on any atom is 0.523 e. The molecule has 0 N–H and O–H groups in total. The molecule has 9 nitrogen and oxygen atoms in total. The van der Waals surface area contributed by atoms with Gasteiger partial charge in [0.25, 0.3) is 0 Å². The van der Waals surface area contributed by atoms with Crippen molar-refractivity contribution in [1.29, 1.82) is 0 Å². The van der Waals surface area contributed by atoms with E-state index >= 15 is 0 Å². The van der Waals surface area contributed by atoms with E-state index in [2.05, 4.69) is 0 Å². The first-order chi connectivity index (χ1) is 16.8. The minimum absolute atomic E-state index is 0.129. The van der Waals surface area contributed by atoms with E-state index in [4.69, 9.17) is 18.4 Å². The quantitative estimate of drug-likeness (QED) is 0.225. The second-order valence-corrected chi connectivity index (χ2v) is 13.3. The molecular formula is C24H29F3O9S. The number of carbonyl (C=O) groups is 3. The number of Topliss-reactive ketones (excluding diaryl/α,β-unsaturated/α-hetero) is 1. The van der Waals surface area contributed by atoms with Crippen LogP contribution < -0.4 is 0 Å². The molecule has 1 aliphatic heterocycles. The van der Waals surface area contributed by atoms with Crippen LogP contribution >= 0.6 is 0 Å². The molecule has 1 saturated heterocycles. The molecule has 4 fully saturated rings. The Bertz CT molecular complexity index is 1220. The average Bonchev–Trinajstić information content (AvgIpc) is 3.03. The summed E-state index contributed by atoms with van der Waals surface area (Å²) in [5.41, 5.74) is -9.35. The Balaban J connectivity index is 1.79. The van der Waals surface area contributed by atoms with Gasteiger partial charge in [-0.25, -0.2) is 4.79 Å². The molecule has 13 heteroatoms. The fourth-order valence-electron chi connectivity index (χ4n) is 8.07. The van der Waals surface area contributed by atoms with Gasteiger partial charge in [-0.15, -0.1) is 0 Å². The van der Waals surface area contributed by atoms with Crippen molar-refractivity contribution in [3.8, 4) is 0 Å². The van der Waals surface area contributed by atoms with E-state index in [1.165, 1.54) is 6.92 Å². The molecule has 37 heavy (non-hydrogen) atoms. The smallest absolute Gasteiger partial charge is 0.454 e. The Morgan fingerprint density at radius 3 is 2.38 bits per heavy atom. The Morgan fingerprint density at radius 2 is 1.81 bits per heavy atom. The molecule has 4 aliphatic carbocycles. The fourth-order valence-corrected chi connectivity index (χ4v) is 8.77. The van der Waals surface area contributed by atoms with Crippen molar-refractivity contribution in [3.63, 3.8) is 0 Å². The van der Waals surface area contributed by atoms with Crippen LogP contribution in [0.15, 0.2) is 11.6 Å². The zero-order valence-electron chi connectivity index (χ0n) is 21.1. The molecule has 3 saturated carbocycles. The minimum atomic E-state index is -6.12. The van der Waals surface area contributed by atoms with Gasteiger partial charge in [0.05, 0.1) is 17.4 Å². The van der Waals surface area contributed by atoms with Gasteiger partial charge in [0.2, 0.25) is 5.60 Å². The summed E-state index contributed by atoms with van der Waals surface area (Å²) < 4.78 is 86.7. The highest BCUT2D eigenvalue weighted by atomic mass is 32.2. The first-order valence-corrected chi connectivity index (χ1v) is 13.6. The Hall–Kier alpha value is -2.15. The van der Waals surface area contributed by atoms with Crippen LogP contribution in [0.4, 0.5) is 18.0 Å². The minimum Gasteiger partial charge on any atom is -0.454 e. The Morgan fingerprint density at radius 1 is 1.19 bits per heavy atom. The van der Waals surface area contributed by atoms with Crippen molar-refractivity contribution < 1.29 is 54.4 Å². The molecule has 5 rings (SSSR count). The molecule has 1 unspecified atom stereocenters. The zero-order valence-corrected chi connectivity index (χ0v) is 21.9. The van der Waals surface area contributed by atoms with E-state index in [1.807, 2.05) is 13.8 Å². The topological polar surface area (TPSA) is 122 Å². The maximum atomic E-state index is 14.7. The summed E-state index contributed by atoms with van der Waals surface area (Å²) in [7, 11) is -6.12. The summed E-state index contributed by atoms with van der Waals surface area (Å²) >= 11 is 0. The molecule has 0 aromatic heterocycles. The van der Waals surface area contributed by atoms with E-state index in [1.54, 1.807) is 19.9 Å². The van der Waals surface area contributed by atoms with Crippen LogP contribution in [0.5, 0.6) is 0 Å². The SMILES string of the molecule is CC(=O)O[C@H]1C(C)=C[C@]23C(=O)[C@@H]([C@H](OS(=O)(=O)C(F)(F)F)[C@H](C)[C@H]4OC(=O)OC412)[C@H]1[C@@H](C[C@H]3C)C1(C)C. The third-order valence-electron chi connectivity index (χ3n) is 9.58. The molecule has 0 radical (unpaired) electrons. The predicted octanol–water partition coefficient (Wildman–Crippen LogP) is 3.52. The van der Waals surface area contributed by atoms with Gasteiger partial charge in [0.15, 0.2) is 18.0 Å². The molecule has 0 amide bonds. The van der Waals surface area contributed by atoms with Crippen molar-refractivity contribution in [2.45, 2.75) is 77.4 Å². The van der Waals surface area contributed by atoms with Gasteiger partial charge in [-0.05, 0) is 42.1 Å². The van der Waals surface area contributed by atoms with Crippen LogP contribution in [0.2, 0.25) is 0 Å². The normalized spacial score (nSPS) is 45.8. The summed E-state index contributed by atoms with van der Waals surface area (Å²) in [5, 5.41) is 0. The van der Waals surface area contributed by atoms with Crippen molar-refractivity contribution in [1.82, 2.24) is 0 Å². The first kappa shape index (κ1) is 26.5. The lowest BCUT2D eigenvalue weighted by Gasteiger charge is -2.47. The third-order valence-corrected chi connectivity index (χ3v) is 10.6. The van der Waals surface area contributed by atoms with Gasteiger partial charge in [-0.1, -0.05) is 33.8 Å². The molecule has 0 aromatic rings. The summed E-state index contributed by atoms with van der Waals surface area (Å²) in [6.45, 7) is 9.69. The summed E-state index contributed by atoms with van der Waals surface area (Å²) in [6, 6.07) is 0. The summed E-state index contributed by atoms with van der Waals surface area (Å²) in [4.78, 5) is 39.5. The molecule has 2 bridgehead atoms. The van der Waals surface area contributed by atoms with Gasteiger partial charge >= 0.3 is 27.8 Å². The third kappa shape index (κ3) is 3.12. The summed E-state index contributed by atoms with van der Waals surface area (Å²) in [5.74, 6) is -4.98. The van der Waals surface area contributed by atoms with Gasteiger partial charge in [-0.2, -0.15) is 21.6 Å². The van der Waals surface area contributed by atoms with E-state index in [9.17, 15) is 36.0 Å². The number of hydrogen-bond acceptors (Lipinski definition) is 9. The maximum absolute atomic E-state index is 14.7. The second kappa shape index (κ2) is 7.49. The Kier molecular flexibility index (Phi) is 5.35. The molecule has 10 atom stereocenters. The van der Waals surface area contributed by atoms with Crippen molar-refractivity contribution >= 4 is 28.0 Å². The number of carbonyl (C=O) groups excluding carboxylic acids is 3. The molecular weight excluding hydrogens is 521 g/mol. The largest absolute Gasteiger partial charge is 0.523 e. The number of halogens is 3. The number of alkyl halides is 3. The highest BCUT2D eigenvalue weighted by molar-refractivity contribution is 7.87. The number of rotatable bonds is 3. The van der Waals surface area contributed by atoms with Crippen LogP contribution in [-0.2, 0) is 38.1 Å². The van der Waals surface area contributed by atoms with E-state index in [0.717, 1.165) is 6.92 Å². The molecule has 1 heterocycles. The van der Waals surface area contributed by atoms with Gasteiger partial charge in [-0.3, -0.25) is 13.8 Å². The average molecular weight is 551 g/mol. The highest BCUT2D eigenvalue weighted by Gasteiger charge is 2.83. The van der Waals surface area contributed by atoms with Crippen LogP contribution in [0.3, 0.4) is 0 Å². The predicted molar refractivity (Wildman–Crippen MR) is 118 cm³/mol. The first-order valence-electron chi connectivity index (χ1n) is 12.1. The van der Waals surface area contributed by atoms with Gasteiger partial charge in [0, 0.05) is 12.8 Å². The van der Waals surface area contributed by atoms with Crippen molar-refractivity contribution in [3.05, 3.63) is 11.6 Å². The van der Waals surface area contributed by atoms with Crippen molar-refractivity contribution in [2.24, 2.45) is 40.4 Å². The van der Waals surface area contributed by atoms with Crippen LogP contribution in [-0.4, -0.2) is 55.7 Å².